The Morgan fingerprint density at radius 3 is 1.33 bits per heavy atom. The molecule has 2 saturated heterocycles. The topological polar surface area (TPSA) is 203 Å². The third-order valence-corrected chi connectivity index (χ3v) is 8.62. The first-order valence-electron chi connectivity index (χ1n) is 9.98. The molecule has 174 valence electrons. The molecule has 30 heavy (non-hydrogen) atoms. The van der Waals surface area contributed by atoms with Crippen LogP contribution >= 0.6 is 0 Å². The van der Waals surface area contributed by atoms with Crippen LogP contribution in [0.5, 0.6) is 0 Å². The maximum Gasteiger partial charge on any atom is 0.315 e. The molecule has 2 aliphatic rings. The molecule has 0 spiro atoms. The third kappa shape index (κ3) is 8.24. The zero-order valence-corrected chi connectivity index (χ0v) is 18.4. The maximum absolute atomic E-state index is 11.8. The zero-order valence-electron chi connectivity index (χ0n) is 16.8. The minimum absolute atomic E-state index is 0.115. The van der Waals surface area contributed by atoms with Gasteiger partial charge in [0, 0.05) is 25.2 Å². The standard InChI is InChI=1S/C16H32N6O6S2/c17-11-7-29(25,26)9-13(11)21-15(23)19-5-3-1-2-4-6-20-16(24)22-14-10-30(27,28)8-12(14)18/h11-14H,1-10,17-18H2,(H2,19,21,23)(H2,20,22,24). The van der Waals surface area contributed by atoms with E-state index in [2.05, 4.69) is 21.3 Å². The number of hydrogen-bond donors (Lipinski definition) is 6. The zero-order chi connectivity index (χ0) is 22.4. The molecule has 0 aromatic rings. The van der Waals surface area contributed by atoms with Gasteiger partial charge in [0.25, 0.3) is 0 Å². The molecule has 4 atom stereocenters. The average Bonchev–Trinajstić information content (AvgIpc) is 3.02. The number of hydrogen-bond acceptors (Lipinski definition) is 8. The van der Waals surface area contributed by atoms with Crippen molar-refractivity contribution in [3.8, 4) is 0 Å². The third-order valence-electron chi connectivity index (χ3n) is 5.10. The van der Waals surface area contributed by atoms with Crippen LogP contribution in [-0.2, 0) is 19.7 Å². The molecule has 0 aromatic carbocycles. The molecular formula is C16H32N6O6S2. The van der Waals surface area contributed by atoms with Gasteiger partial charge in [0.05, 0.1) is 35.1 Å². The Balaban J connectivity index is 1.46. The van der Waals surface area contributed by atoms with Gasteiger partial charge < -0.3 is 32.7 Å². The second-order valence-corrected chi connectivity index (χ2v) is 12.2. The molecule has 4 unspecified atom stereocenters. The van der Waals surface area contributed by atoms with Crippen molar-refractivity contribution in [1.29, 1.82) is 0 Å². The number of nitrogens with one attached hydrogen (secondary N) is 4. The summed E-state index contributed by atoms with van der Waals surface area (Å²) >= 11 is 0. The van der Waals surface area contributed by atoms with Gasteiger partial charge >= 0.3 is 12.1 Å². The van der Waals surface area contributed by atoms with Gasteiger partial charge in [-0.2, -0.15) is 0 Å². The Bertz CT molecular complexity index is 750. The molecule has 2 aliphatic heterocycles. The minimum atomic E-state index is -3.18. The number of carbonyl (C=O) groups excluding carboxylic acids is 2. The van der Waals surface area contributed by atoms with Gasteiger partial charge in [-0.05, 0) is 12.8 Å². The SMILES string of the molecule is NC1CS(=O)(=O)CC1NC(=O)NCCCCCCNC(=O)NC1CS(=O)(=O)CC1N. The summed E-state index contributed by atoms with van der Waals surface area (Å²) in [6, 6.07) is -3.16. The summed E-state index contributed by atoms with van der Waals surface area (Å²) < 4.78 is 45.9. The van der Waals surface area contributed by atoms with Gasteiger partial charge in [0.15, 0.2) is 19.7 Å². The Morgan fingerprint density at radius 2 is 1.03 bits per heavy atom. The molecule has 12 nitrogen and oxygen atoms in total. The van der Waals surface area contributed by atoms with E-state index in [1.165, 1.54) is 0 Å². The molecule has 0 radical (unpaired) electrons. The molecule has 2 heterocycles. The van der Waals surface area contributed by atoms with Crippen LogP contribution in [0.15, 0.2) is 0 Å². The highest BCUT2D eigenvalue weighted by Gasteiger charge is 2.36. The van der Waals surface area contributed by atoms with Crippen molar-refractivity contribution in [2.45, 2.75) is 49.9 Å². The highest BCUT2D eigenvalue weighted by atomic mass is 32.2. The number of nitrogens with two attached hydrogens (primary N) is 2. The summed E-state index contributed by atoms with van der Waals surface area (Å²) in [7, 11) is -6.37. The van der Waals surface area contributed by atoms with Gasteiger partial charge in [-0.3, -0.25) is 0 Å². The van der Waals surface area contributed by atoms with E-state index in [0.29, 0.717) is 13.1 Å². The fourth-order valence-corrected chi connectivity index (χ4v) is 7.16. The summed E-state index contributed by atoms with van der Waals surface area (Å²) in [4.78, 5) is 23.6. The molecule has 0 aliphatic carbocycles. The fourth-order valence-electron chi connectivity index (χ4n) is 3.49. The van der Waals surface area contributed by atoms with Gasteiger partial charge in [0.2, 0.25) is 0 Å². The fraction of sp³-hybridized carbons (Fsp3) is 0.875. The maximum atomic E-state index is 11.8. The Morgan fingerprint density at radius 1 is 0.667 bits per heavy atom. The highest BCUT2D eigenvalue weighted by Crippen LogP contribution is 2.11. The van der Waals surface area contributed by atoms with E-state index < -0.39 is 55.9 Å². The van der Waals surface area contributed by atoms with Crippen LogP contribution in [0.4, 0.5) is 9.59 Å². The Kier molecular flexibility index (Phi) is 8.70. The molecule has 2 fully saturated rings. The lowest BCUT2D eigenvalue weighted by Gasteiger charge is -2.16. The monoisotopic (exact) mass is 468 g/mol. The van der Waals surface area contributed by atoms with E-state index in [1.807, 2.05) is 0 Å². The van der Waals surface area contributed by atoms with Gasteiger partial charge in [-0.15, -0.1) is 0 Å². The summed E-state index contributed by atoms with van der Waals surface area (Å²) in [5.74, 6) is -0.498. The van der Waals surface area contributed by atoms with Crippen LogP contribution in [0.2, 0.25) is 0 Å². The van der Waals surface area contributed by atoms with E-state index in [0.717, 1.165) is 25.7 Å². The van der Waals surface area contributed by atoms with E-state index >= 15 is 0 Å². The first kappa shape index (κ1) is 24.6. The summed E-state index contributed by atoms with van der Waals surface area (Å²) in [5.41, 5.74) is 11.4. The molecule has 0 aromatic heterocycles. The van der Waals surface area contributed by atoms with Crippen LogP contribution in [-0.4, -0.2) is 89.2 Å². The highest BCUT2D eigenvalue weighted by molar-refractivity contribution is 7.92. The quantitative estimate of drug-likeness (QED) is 0.197. The molecular weight excluding hydrogens is 436 g/mol. The van der Waals surface area contributed by atoms with E-state index in [9.17, 15) is 26.4 Å². The number of urea groups is 2. The predicted octanol–water partition coefficient (Wildman–Crippen LogP) is -2.61. The number of rotatable bonds is 9. The van der Waals surface area contributed by atoms with Crippen molar-refractivity contribution >= 4 is 31.7 Å². The van der Waals surface area contributed by atoms with Crippen molar-refractivity contribution in [2.75, 3.05) is 36.1 Å². The van der Waals surface area contributed by atoms with Crippen molar-refractivity contribution in [1.82, 2.24) is 21.3 Å². The van der Waals surface area contributed by atoms with Gasteiger partial charge in [-0.25, -0.2) is 26.4 Å². The van der Waals surface area contributed by atoms with Crippen molar-refractivity contribution in [3.05, 3.63) is 0 Å². The average molecular weight is 469 g/mol. The van der Waals surface area contributed by atoms with Crippen LogP contribution in [0.25, 0.3) is 0 Å². The lowest BCUT2D eigenvalue weighted by atomic mass is 10.2. The van der Waals surface area contributed by atoms with Crippen LogP contribution in [0.3, 0.4) is 0 Å². The smallest absolute Gasteiger partial charge is 0.315 e. The first-order valence-corrected chi connectivity index (χ1v) is 13.6. The Labute approximate surface area is 177 Å². The summed E-state index contributed by atoms with van der Waals surface area (Å²) in [6.45, 7) is 0.894. The van der Waals surface area contributed by atoms with Crippen LogP contribution < -0.4 is 32.7 Å². The van der Waals surface area contributed by atoms with Gasteiger partial charge in [0.1, 0.15) is 0 Å². The first-order chi connectivity index (χ1) is 14.0. The van der Waals surface area contributed by atoms with Crippen LogP contribution in [0, 0.1) is 0 Å². The number of unbranched alkanes of at least 4 members (excludes halogenated alkanes) is 3. The number of sulfone groups is 2. The predicted molar refractivity (Wildman–Crippen MR) is 112 cm³/mol. The molecule has 0 saturated carbocycles. The van der Waals surface area contributed by atoms with E-state index in [1.54, 1.807) is 0 Å². The second-order valence-electron chi connectivity index (χ2n) is 7.91. The normalized spacial score (nSPS) is 29.3. The largest absolute Gasteiger partial charge is 0.338 e. The second kappa shape index (κ2) is 10.6. The van der Waals surface area contributed by atoms with Crippen molar-refractivity contribution in [2.24, 2.45) is 11.5 Å². The molecule has 14 heteroatoms. The van der Waals surface area contributed by atoms with Crippen LogP contribution in [0.1, 0.15) is 25.7 Å². The lowest BCUT2D eigenvalue weighted by molar-refractivity contribution is 0.235. The van der Waals surface area contributed by atoms with E-state index in [4.69, 9.17) is 11.5 Å². The summed E-state index contributed by atoms with van der Waals surface area (Å²) in [6.07, 6.45) is 3.16. The minimum Gasteiger partial charge on any atom is -0.338 e. The molecule has 0 bridgehead atoms. The lowest BCUT2D eigenvalue weighted by Crippen LogP contribution is -2.50. The molecule has 2 rings (SSSR count). The molecule has 8 N–H and O–H groups in total. The molecule has 4 amide bonds. The number of amides is 4. The van der Waals surface area contributed by atoms with Crippen molar-refractivity contribution in [3.63, 3.8) is 0 Å². The van der Waals surface area contributed by atoms with E-state index in [-0.39, 0.29) is 23.0 Å². The van der Waals surface area contributed by atoms with Crippen molar-refractivity contribution < 1.29 is 26.4 Å². The summed E-state index contributed by atoms with van der Waals surface area (Å²) in [5, 5.41) is 10.5. The Hall–Kier alpha value is -1.64. The number of carbonyl (C=O) groups is 2. The van der Waals surface area contributed by atoms with Gasteiger partial charge in [-0.1, -0.05) is 12.8 Å².